The summed E-state index contributed by atoms with van der Waals surface area (Å²) in [7, 11) is 0. The number of fused-ring (bicyclic) bond motifs is 1. The summed E-state index contributed by atoms with van der Waals surface area (Å²) in [6, 6.07) is 23.8. The number of aromatic amines is 1. The minimum Gasteiger partial charge on any atom is -0.457 e. The standard InChI is InChI=1S/C19H15N3O/c20-19-17-11-8-14(12-18(17)21-22-19)13-6-9-16(10-7-13)23-15-4-2-1-3-5-15/h1-12H,(H3,20,21,22). The number of para-hydroxylation sites is 1. The van der Waals surface area contributed by atoms with Crippen molar-refractivity contribution in [3.05, 3.63) is 72.8 Å². The fourth-order valence-corrected chi connectivity index (χ4v) is 2.56. The molecule has 0 radical (unpaired) electrons. The van der Waals surface area contributed by atoms with Gasteiger partial charge in [0.1, 0.15) is 11.5 Å². The van der Waals surface area contributed by atoms with Crippen molar-refractivity contribution in [1.29, 1.82) is 0 Å². The molecule has 4 nitrogen and oxygen atoms in total. The minimum absolute atomic E-state index is 0.526. The molecule has 0 unspecified atom stereocenters. The normalized spacial score (nSPS) is 10.8. The molecule has 0 aliphatic rings. The molecule has 0 aliphatic heterocycles. The molecule has 0 aliphatic carbocycles. The first-order chi connectivity index (χ1) is 11.3. The van der Waals surface area contributed by atoms with Crippen LogP contribution in [-0.4, -0.2) is 10.2 Å². The van der Waals surface area contributed by atoms with E-state index >= 15 is 0 Å². The Labute approximate surface area is 133 Å². The van der Waals surface area contributed by atoms with Gasteiger partial charge in [-0.05, 0) is 47.5 Å². The number of H-pyrrole nitrogens is 1. The van der Waals surface area contributed by atoms with Crippen molar-refractivity contribution >= 4 is 16.7 Å². The van der Waals surface area contributed by atoms with Crippen LogP contribution in [0.25, 0.3) is 22.0 Å². The second kappa shape index (κ2) is 5.50. The van der Waals surface area contributed by atoms with E-state index in [0.29, 0.717) is 5.82 Å². The predicted octanol–water partition coefficient (Wildman–Crippen LogP) is 4.60. The molecule has 3 N–H and O–H groups in total. The fourth-order valence-electron chi connectivity index (χ4n) is 2.56. The van der Waals surface area contributed by atoms with E-state index in [9.17, 15) is 0 Å². The summed E-state index contributed by atoms with van der Waals surface area (Å²) >= 11 is 0. The number of nitrogens with two attached hydrogens (primary N) is 1. The second-order valence-corrected chi connectivity index (χ2v) is 5.31. The monoisotopic (exact) mass is 301 g/mol. The maximum Gasteiger partial charge on any atom is 0.153 e. The van der Waals surface area contributed by atoms with Crippen LogP contribution in [0.3, 0.4) is 0 Å². The minimum atomic E-state index is 0.526. The van der Waals surface area contributed by atoms with Crippen LogP contribution in [0, 0.1) is 0 Å². The number of nitrogen functional groups attached to an aromatic ring is 1. The van der Waals surface area contributed by atoms with E-state index in [4.69, 9.17) is 10.5 Å². The van der Waals surface area contributed by atoms with E-state index < -0.39 is 0 Å². The van der Waals surface area contributed by atoms with Crippen molar-refractivity contribution in [3.63, 3.8) is 0 Å². The highest BCUT2D eigenvalue weighted by molar-refractivity contribution is 5.91. The summed E-state index contributed by atoms with van der Waals surface area (Å²) in [6.45, 7) is 0. The first-order valence-corrected chi connectivity index (χ1v) is 7.36. The summed E-state index contributed by atoms with van der Waals surface area (Å²) in [5.41, 5.74) is 8.95. The summed E-state index contributed by atoms with van der Waals surface area (Å²) in [6.07, 6.45) is 0. The van der Waals surface area contributed by atoms with Gasteiger partial charge in [-0.1, -0.05) is 36.4 Å². The van der Waals surface area contributed by atoms with Gasteiger partial charge in [0.15, 0.2) is 5.82 Å². The Morgan fingerprint density at radius 1 is 0.783 bits per heavy atom. The molecule has 1 heterocycles. The zero-order valence-corrected chi connectivity index (χ0v) is 12.4. The third-order valence-corrected chi connectivity index (χ3v) is 3.76. The van der Waals surface area contributed by atoms with Crippen molar-refractivity contribution in [3.8, 4) is 22.6 Å². The number of nitrogens with zero attached hydrogens (tertiary/aromatic N) is 1. The Balaban J connectivity index is 1.61. The number of anilines is 1. The summed E-state index contributed by atoms with van der Waals surface area (Å²) in [5.74, 6) is 2.17. The van der Waals surface area contributed by atoms with Gasteiger partial charge in [0, 0.05) is 5.39 Å². The Morgan fingerprint density at radius 2 is 1.48 bits per heavy atom. The maximum atomic E-state index is 5.81. The first-order valence-electron chi connectivity index (χ1n) is 7.36. The van der Waals surface area contributed by atoms with Crippen LogP contribution in [0.15, 0.2) is 72.8 Å². The molecule has 0 spiro atoms. The summed E-state index contributed by atoms with van der Waals surface area (Å²) in [4.78, 5) is 0. The molecule has 4 rings (SSSR count). The summed E-state index contributed by atoms with van der Waals surface area (Å²) < 4.78 is 5.81. The lowest BCUT2D eigenvalue weighted by atomic mass is 10.0. The predicted molar refractivity (Wildman–Crippen MR) is 92.5 cm³/mol. The topological polar surface area (TPSA) is 63.9 Å². The lowest BCUT2D eigenvalue weighted by Crippen LogP contribution is -1.85. The van der Waals surface area contributed by atoms with Crippen LogP contribution in [0.5, 0.6) is 11.5 Å². The van der Waals surface area contributed by atoms with Gasteiger partial charge in [0.05, 0.1) is 5.52 Å². The van der Waals surface area contributed by atoms with Gasteiger partial charge in [-0.2, -0.15) is 5.10 Å². The van der Waals surface area contributed by atoms with E-state index in [1.807, 2.05) is 72.8 Å². The van der Waals surface area contributed by atoms with Gasteiger partial charge < -0.3 is 10.5 Å². The van der Waals surface area contributed by atoms with Crippen molar-refractivity contribution in [2.24, 2.45) is 0 Å². The number of rotatable bonds is 3. The number of hydrogen-bond acceptors (Lipinski definition) is 3. The lowest BCUT2D eigenvalue weighted by Gasteiger charge is -2.07. The number of aromatic nitrogens is 2. The van der Waals surface area contributed by atoms with E-state index in [-0.39, 0.29) is 0 Å². The highest BCUT2D eigenvalue weighted by Crippen LogP contribution is 2.28. The molecule has 0 saturated carbocycles. The molecule has 0 fully saturated rings. The molecule has 3 aromatic carbocycles. The van der Waals surface area contributed by atoms with Crippen LogP contribution in [0.2, 0.25) is 0 Å². The number of ether oxygens (including phenoxy) is 1. The fraction of sp³-hybridized carbons (Fsp3) is 0. The molecule has 4 heteroatoms. The summed E-state index contributed by atoms with van der Waals surface area (Å²) in [5, 5.41) is 7.91. The third kappa shape index (κ3) is 2.62. The van der Waals surface area contributed by atoms with Gasteiger partial charge in [-0.3, -0.25) is 5.10 Å². The Bertz CT molecular complexity index is 943. The van der Waals surface area contributed by atoms with Crippen molar-refractivity contribution in [2.75, 3.05) is 5.73 Å². The van der Waals surface area contributed by atoms with Crippen molar-refractivity contribution in [2.45, 2.75) is 0 Å². The first kappa shape index (κ1) is 13.4. The Hall–Kier alpha value is -3.27. The zero-order valence-electron chi connectivity index (χ0n) is 12.4. The molecule has 0 amide bonds. The number of benzene rings is 3. The van der Waals surface area contributed by atoms with E-state index in [2.05, 4.69) is 10.2 Å². The van der Waals surface area contributed by atoms with Gasteiger partial charge in [0.25, 0.3) is 0 Å². The molecule has 1 aromatic heterocycles. The van der Waals surface area contributed by atoms with Gasteiger partial charge in [-0.25, -0.2) is 0 Å². The maximum absolute atomic E-state index is 5.81. The average Bonchev–Trinajstić information content (AvgIpc) is 2.97. The van der Waals surface area contributed by atoms with E-state index in [0.717, 1.165) is 33.5 Å². The number of nitrogens with one attached hydrogen (secondary N) is 1. The Kier molecular flexibility index (Phi) is 3.20. The van der Waals surface area contributed by atoms with Crippen LogP contribution < -0.4 is 10.5 Å². The third-order valence-electron chi connectivity index (χ3n) is 3.76. The number of hydrogen-bond donors (Lipinski definition) is 2. The lowest BCUT2D eigenvalue weighted by molar-refractivity contribution is 0.483. The average molecular weight is 301 g/mol. The van der Waals surface area contributed by atoms with Crippen LogP contribution in [0.4, 0.5) is 5.82 Å². The zero-order chi connectivity index (χ0) is 15.6. The molecule has 23 heavy (non-hydrogen) atoms. The highest BCUT2D eigenvalue weighted by atomic mass is 16.5. The molecule has 0 atom stereocenters. The molecular formula is C19H15N3O. The van der Waals surface area contributed by atoms with Crippen LogP contribution in [-0.2, 0) is 0 Å². The Morgan fingerprint density at radius 3 is 2.26 bits per heavy atom. The molecular weight excluding hydrogens is 286 g/mol. The SMILES string of the molecule is Nc1n[nH]c2cc(-c3ccc(Oc4ccccc4)cc3)ccc12. The smallest absolute Gasteiger partial charge is 0.153 e. The quantitative estimate of drug-likeness (QED) is 0.581. The van der Waals surface area contributed by atoms with Gasteiger partial charge >= 0.3 is 0 Å². The molecule has 0 saturated heterocycles. The van der Waals surface area contributed by atoms with Crippen LogP contribution in [0.1, 0.15) is 0 Å². The van der Waals surface area contributed by atoms with Gasteiger partial charge in [-0.15, -0.1) is 0 Å². The second-order valence-electron chi connectivity index (χ2n) is 5.31. The molecule has 0 bridgehead atoms. The van der Waals surface area contributed by atoms with E-state index in [1.54, 1.807) is 0 Å². The largest absolute Gasteiger partial charge is 0.457 e. The van der Waals surface area contributed by atoms with Gasteiger partial charge in [0.2, 0.25) is 0 Å². The van der Waals surface area contributed by atoms with Crippen molar-refractivity contribution in [1.82, 2.24) is 10.2 Å². The van der Waals surface area contributed by atoms with E-state index in [1.165, 1.54) is 0 Å². The molecule has 4 aromatic rings. The highest BCUT2D eigenvalue weighted by Gasteiger charge is 2.05. The van der Waals surface area contributed by atoms with Crippen molar-refractivity contribution < 1.29 is 4.74 Å². The van der Waals surface area contributed by atoms with Crippen LogP contribution >= 0.6 is 0 Å². The molecule has 112 valence electrons.